The van der Waals surface area contributed by atoms with Gasteiger partial charge in [-0.2, -0.15) is 0 Å². The zero-order valence-corrected chi connectivity index (χ0v) is 12.1. The number of hydrogen-bond donors (Lipinski definition) is 2. The predicted molar refractivity (Wildman–Crippen MR) is 75.3 cm³/mol. The smallest absolute Gasteiger partial charge is 0.261 e. The highest BCUT2D eigenvalue weighted by Crippen LogP contribution is 2.14. The minimum Gasteiger partial charge on any atom is -0.396 e. The van der Waals surface area contributed by atoms with E-state index in [1.54, 1.807) is 11.0 Å². The Kier molecular flexibility index (Phi) is 6.52. The van der Waals surface area contributed by atoms with Gasteiger partial charge in [0.1, 0.15) is 0 Å². The van der Waals surface area contributed by atoms with Crippen LogP contribution in [0.1, 0.15) is 27.9 Å². The fraction of sp³-hybridized carbons (Fsp3) is 0.538. The molecule has 0 atom stereocenters. The maximum absolute atomic E-state index is 11.9. The summed E-state index contributed by atoms with van der Waals surface area (Å²) in [7, 11) is 0. The molecule has 0 fully saturated rings. The molecule has 0 aromatic carbocycles. The Morgan fingerprint density at radius 2 is 2.16 bits per heavy atom. The molecule has 0 radical (unpaired) electrons. The van der Waals surface area contributed by atoms with Crippen molar-refractivity contribution in [2.45, 2.75) is 20.3 Å². The lowest BCUT2D eigenvalue weighted by Gasteiger charge is -2.20. The zero-order chi connectivity index (χ0) is 14.3. The van der Waals surface area contributed by atoms with Crippen LogP contribution in [0, 0.1) is 6.92 Å². The summed E-state index contributed by atoms with van der Waals surface area (Å²) >= 11 is 1.41. The Labute approximate surface area is 117 Å². The van der Waals surface area contributed by atoms with Crippen LogP contribution in [-0.2, 0) is 4.79 Å². The molecule has 5 nitrogen and oxygen atoms in total. The molecule has 0 aliphatic rings. The molecule has 0 bridgehead atoms. The third-order valence-corrected chi connectivity index (χ3v) is 3.68. The van der Waals surface area contributed by atoms with Crippen LogP contribution in [0.4, 0.5) is 0 Å². The van der Waals surface area contributed by atoms with Gasteiger partial charge in [0, 0.05) is 24.6 Å². The van der Waals surface area contributed by atoms with Crippen molar-refractivity contribution in [1.82, 2.24) is 10.2 Å². The summed E-state index contributed by atoms with van der Waals surface area (Å²) in [6.07, 6.45) is 0.553. The van der Waals surface area contributed by atoms with Crippen molar-refractivity contribution < 1.29 is 14.7 Å². The van der Waals surface area contributed by atoms with Gasteiger partial charge in [0.05, 0.1) is 11.4 Å². The third kappa shape index (κ3) is 5.00. The number of rotatable bonds is 7. The van der Waals surface area contributed by atoms with Gasteiger partial charge in [0.25, 0.3) is 5.91 Å². The second-order valence-corrected chi connectivity index (χ2v) is 5.43. The molecule has 106 valence electrons. The van der Waals surface area contributed by atoms with Crippen LogP contribution in [-0.4, -0.2) is 48.1 Å². The number of amides is 2. The molecule has 6 heteroatoms. The first kappa shape index (κ1) is 15.7. The molecule has 2 N–H and O–H groups in total. The fourth-order valence-electron chi connectivity index (χ4n) is 1.63. The highest BCUT2D eigenvalue weighted by molar-refractivity contribution is 7.13. The van der Waals surface area contributed by atoms with Crippen molar-refractivity contribution in [1.29, 1.82) is 0 Å². The number of hydrogen-bond acceptors (Lipinski definition) is 4. The summed E-state index contributed by atoms with van der Waals surface area (Å²) in [6, 6.07) is 3.63. The lowest BCUT2D eigenvalue weighted by molar-refractivity contribution is -0.130. The summed E-state index contributed by atoms with van der Waals surface area (Å²) in [6.45, 7) is 4.95. The van der Waals surface area contributed by atoms with E-state index in [0.717, 1.165) is 4.88 Å². The minimum atomic E-state index is -0.218. The van der Waals surface area contributed by atoms with Gasteiger partial charge in [-0.05, 0) is 32.4 Å². The van der Waals surface area contributed by atoms with Crippen molar-refractivity contribution in [3.8, 4) is 0 Å². The maximum Gasteiger partial charge on any atom is 0.261 e. The van der Waals surface area contributed by atoms with Crippen molar-refractivity contribution in [3.05, 3.63) is 21.9 Å². The first-order valence-electron chi connectivity index (χ1n) is 6.31. The molecule has 0 saturated heterocycles. The number of carbonyl (C=O) groups excluding carboxylic acids is 2. The van der Waals surface area contributed by atoms with Crippen molar-refractivity contribution in [2.24, 2.45) is 0 Å². The number of carbonyl (C=O) groups is 2. The van der Waals surface area contributed by atoms with Gasteiger partial charge in [-0.1, -0.05) is 0 Å². The standard InChI is InChI=1S/C13H20N2O3S/c1-3-15(7-4-8-16)12(17)9-14-13(18)11-6-5-10(2)19-11/h5-6,16H,3-4,7-9H2,1-2H3,(H,14,18). The summed E-state index contributed by atoms with van der Waals surface area (Å²) < 4.78 is 0. The molecular formula is C13H20N2O3S. The number of likely N-dealkylation sites (N-methyl/N-ethyl adjacent to an activating group) is 1. The van der Waals surface area contributed by atoms with E-state index in [4.69, 9.17) is 5.11 Å². The predicted octanol–water partition coefficient (Wildman–Crippen LogP) is 1.02. The molecule has 0 spiro atoms. The molecule has 1 heterocycles. The van der Waals surface area contributed by atoms with Gasteiger partial charge < -0.3 is 15.3 Å². The average molecular weight is 284 g/mol. The summed E-state index contributed by atoms with van der Waals surface area (Å²) in [5, 5.41) is 11.4. The zero-order valence-electron chi connectivity index (χ0n) is 11.3. The number of aliphatic hydroxyl groups is 1. The van der Waals surface area contributed by atoms with E-state index in [0.29, 0.717) is 24.4 Å². The monoisotopic (exact) mass is 284 g/mol. The van der Waals surface area contributed by atoms with Gasteiger partial charge in [-0.15, -0.1) is 11.3 Å². The lowest BCUT2D eigenvalue weighted by Crippen LogP contribution is -2.40. The van der Waals surface area contributed by atoms with Gasteiger partial charge in [-0.3, -0.25) is 9.59 Å². The molecule has 1 aromatic heterocycles. The largest absolute Gasteiger partial charge is 0.396 e. The van der Waals surface area contributed by atoms with E-state index in [1.807, 2.05) is 19.9 Å². The fourth-order valence-corrected chi connectivity index (χ4v) is 2.42. The van der Waals surface area contributed by atoms with Crippen LogP contribution in [0.15, 0.2) is 12.1 Å². The Morgan fingerprint density at radius 1 is 1.42 bits per heavy atom. The highest BCUT2D eigenvalue weighted by atomic mass is 32.1. The van der Waals surface area contributed by atoms with E-state index in [1.165, 1.54) is 11.3 Å². The second kappa shape index (κ2) is 7.91. The van der Waals surface area contributed by atoms with Crippen LogP contribution >= 0.6 is 11.3 Å². The van der Waals surface area contributed by atoms with E-state index >= 15 is 0 Å². The minimum absolute atomic E-state index is 0.00491. The van der Waals surface area contributed by atoms with E-state index in [2.05, 4.69) is 5.32 Å². The molecule has 0 aliphatic heterocycles. The molecular weight excluding hydrogens is 264 g/mol. The van der Waals surface area contributed by atoms with E-state index < -0.39 is 0 Å². The molecule has 0 saturated carbocycles. The van der Waals surface area contributed by atoms with Gasteiger partial charge >= 0.3 is 0 Å². The lowest BCUT2D eigenvalue weighted by atomic mass is 10.3. The van der Waals surface area contributed by atoms with Crippen molar-refractivity contribution in [3.63, 3.8) is 0 Å². The topological polar surface area (TPSA) is 69.6 Å². The highest BCUT2D eigenvalue weighted by Gasteiger charge is 2.14. The summed E-state index contributed by atoms with van der Waals surface area (Å²) in [5.74, 6) is -0.345. The van der Waals surface area contributed by atoms with Gasteiger partial charge in [-0.25, -0.2) is 0 Å². The average Bonchev–Trinajstić information content (AvgIpc) is 2.83. The first-order valence-corrected chi connectivity index (χ1v) is 7.13. The van der Waals surface area contributed by atoms with Crippen LogP contribution in [0.25, 0.3) is 0 Å². The first-order chi connectivity index (χ1) is 9.08. The van der Waals surface area contributed by atoms with Crippen LogP contribution in [0.2, 0.25) is 0 Å². The molecule has 0 unspecified atom stereocenters. The molecule has 0 aliphatic carbocycles. The van der Waals surface area contributed by atoms with E-state index in [-0.39, 0.29) is 25.0 Å². The number of thiophene rings is 1. The van der Waals surface area contributed by atoms with Crippen LogP contribution in [0.5, 0.6) is 0 Å². The Bertz CT molecular complexity index is 431. The van der Waals surface area contributed by atoms with Crippen molar-refractivity contribution >= 4 is 23.2 Å². The summed E-state index contributed by atoms with van der Waals surface area (Å²) in [5.41, 5.74) is 0. The maximum atomic E-state index is 11.9. The Morgan fingerprint density at radius 3 is 2.68 bits per heavy atom. The SMILES string of the molecule is CCN(CCCO)C(=O)CNC(=O)c1ccc(C)s1. The van der Waals surface area contributed by atoms with Gasteiger partial charge in [0.2, 0.25) is 5.91 Å². The summed E-state index contributed by atoms with van der Waals surface area (Å²) in [4.78, 5) is 26.9. The quantitative estimate of drug-likeness (QED) is 0.785. The van der Waals surface area contributed by atoms with Crippen molar-refractivity contribution in [2.75, 3.05) is 26.2 Å². The molecule has 1 rings (SSSR count). The second-order valence-electron chi connectivity index (χ2n) is 4.14. The van der Waals surface area contributed by atoms with Crippen LogP contribution in [0.3, 0.4) is 0 Å². The number of nitrogens with zero attached hydrogens (tertiary/aromatic N) is 1. The number of aryl methyl sites for hydroxylation is 1. The Hall–Kier alpha value is -1.40. The third-order valence-electron chi connectivity index (χ3n) is 2.68. The van der Waals surface area contributed by atoms with E-state index in [9.17, 15) is 9.59 Å². The molecule has 2 amide bonds. The van der Waals surface area contributed by atoms with Crippen LogP contribution < -0.4 is 5.32 Å². The molecule has 19 heavy (non-hydrogen) atoms. The number of nitrogens with one attached hydrogen (secondary N) is 1. The normalized spacial score (nSPS) is 10.3. The molecule has 1 aromatic rings. The Balaban J connectivity index is 2.42. The van der Waals surface area contributed by atoms with Gasteiger partial charge in [0.15, 0.2) is 0 Å². The number of aliphatic hydroxyl groups excluding tert-OH is 1.